The van der Waals surface area contributed by atoms with Gasteiger partial charge in [-0.2, -0.15) is 8.78 Å². The van der Waals surface area contributed by atoms with Gasteiger partial charge >= 0.3 is 5.97 Å². The van der Waals surface area contributed by atoms with Gasteiger partial charge in [-0.15, -0.1) is 0 Å². The average molecular weight is 539 g/mol. The first kappa shape index (κ1) is 29.5. The van der Waals surface area contributed by atoms with E-state index in [2.05, 4.69) is 6.92 Å². The van der Waals surface area contributed by atoms with Gasteiger partial charge in [0.25, 0.3) is 5.76 Å². The first-order chi connectivity index (χ1) is 17.9. The second-order valence-corrected chi connectivity index (χ2v) is 11.0. The lowest BCUT2D eigenvalue weighted by Crippen LogP contribution is -2.27. The Balaban J connectivity index is 1.65. The quantitative estimate of drug-likeness (QED) is 0.104. The minimum absolute atomic E-state index is 0.0334. The SMILES string of the molecule is CCCCCCCCCC(c1ccc(SC(F)F)c(F)c1F)C1CCC(OC(=O)c2ccccc2)CC1. The third-order valence-electron chi connectivity index (χ3n) is 7.38. The molecule has 0 aromatic heterocycles. The maximum Gasteiger partial charge on any atom is 0.338 e. The molecule has 1 unspecified atom stereocenters. The van der Waals surface area contributed by atoms with Gasteiger partial charge in [-0.25, -0.2) is 13.6 Å². The summed E-state index contributed by atoms with van der Waals surface area (Å²) in [6.07, 6.45) is 11.2. The Morgan fingerprint density at radius 3 is 2.19 bits per heavy atom. The van der Waals surface area contributed by atoms with E-state index in [-0.39, 0.29) is 46.1 Å². The minimum Gasteiger partial charge on any atom is -0.459 e. The Morgan fingerprint density at radius 2 is 1.54 bits per heavy atom. The fourth-order valence-corrected chi connectivity index (χ4v) is 5.92. The molecule has 0 heterocycles. The highest BCUT2D eigenvalue weighted by molar-refractivity contribution is 7.99. The number of carbonyl (C=O) groups excluding carboxylic acids is 1. The zero-order valence-corrected chi connectivity index (χ0v) is 22.4. The summed E-state index contributed by atoms with van der Waals surface area (Å²) in [5.41, 5.74) is 0.799. The molecule has 1 aliphatic rings. The Morgan fingerprint density at radius 1 is 0.892 bits per heavy atom. The second-order valence-electron chi connectivity index (χ2n) is 9.98. The molecule has 1 saturated carbocycles. The summed E-state index contributed by atoms with van der Waals surface area (Å²) >= 11 is 0.0334. The first-order valence-electron chi connectivity index (χ1n) is 13.6. The molecule has 0 amide bonds. The number of hydrogen-bond acceptors (Lipinski definition) is 3. The molecule has 0 aliphatic heterocycles. The van der Waals surface area contributed by atoms with E-state index in [0.717, 1.165) is 38.5 Å². The molecular weight excluding hydrogens is 500 g/mol. The topological polar surface area (TPSA) is 26.3 Å². The molecule has 37 heavy (non-hydrogen) atoms. The molecule has 0 spiro atoms. The number of unbranched alkanes of at least 4 members (excludes halogenated alkanes) is 6. The third-order valence-corrected chi connectivity index (χ3v) is 8.13. The molecular formula is C30H38F4O2S. The number of hydrogen-bond donors (Lipinski definition) is 0. The lowest BCUT2D eigenvalue weighted by Gasteiger charge is -2.34. The highest BCUT2D eigenvalue weighted by Gasteiger charge is 2.32. The number of esters is 1. The summed E-state index contributed by atoms with van der Waals surface area (Å²) in [5, 5.41) is 0. The largest absolute Gasteiger partial charge is 0.459 e. The van der Waals surface area contributed by atoms with Gasteiger partial charge in [0.1, 0.15) is 6.10 Å². The van der Waals surface area contributed by atoms with Crippen LogP contribution in [-0.4, -0.2) is 17.8 Å². The van der Waals surface area contributed by atoms with Crippen LogP contribution in [0.15, 0.2) is 47.4 Å². The van der Waals surface area contributed by atoms with E-state index in [1.807, 2.05) is 6.07 Å². The second kappa shape index (κ2) is 15.4. The van der Waals surface area contributed by atoms with Gasteiger partial charge in [0.2, 0.25) is 0 Å². The normalized spacial score (nSPS) is 18.6. The van der Waals surface area contributed by atoms with Gasteiger partial charge in [-0.1, -0.05) is 87.9 Å². The van der Waals surface area contributed by atoms with Crippen LogP contribution in [0.2, 0.25) is 0 Å². The van der Waals surface area contributed by atoms with Crippen molar-refractivity contribution in [1.82, 2.24) is 0 Å². The van der Waals surface area contributed by atoms with Crippen molar-refractivity contribution in [1.29, 1.82) is 0 Å². The molecule has 1 fully saturated rings. The summed E-state index contributed by atoms with van der Waals surface area (Å²) in [4.78, 5) is 12.1. The average Bonchev–Trinajstić information content (AvgIpc) is 2.90. The van der Waals surface area contributed by atoms with E-state index in [9.17, 15) is 18.0 Å². The molecule has 0 N–H and O–H groups in total. The summed E-state index contributed by atoms with van der Waals surface area (Å²) in [6.45, 7) is 2.18. The van der Waals surface area contributed by atoms with Crippen molar-refractivity contribution in [3.05, 3.63) is 65.2 Å². The van der Waals surface area contributed by atoms with Crippen LogP contribution >= 0.6 is 11.8 Å². The van der Waals surface area contributed by atoms with E-state index in [0.29, 0.717) is 18.4 Å². The minimum atomic E-state index is -2.81. The number of thioether (sulfide) groups is 1. The summed E-state index contributed by atoms with van der Waals surface area (Å²) < 4.78 is 61.1. The van der Waals surface area contributed by atoms with Gasteiger partial charge in [0.05, 0.1) is 10.5 Å². The fraction of sp³-hybridized carbons (Fsp3) is 0.567. The predicted octanol–water partition coefficient (Wildman–Crippen LogP) is 9.92. The van der Waals surface area contributed by atoms with Crippen LogP contribution in [0.4, 0.5) is 17.6 Å². The van der Waals surface area contributed by atoms with Crippen molar-refractivity contribution in [2.45, 2.75) is 107 Å². The number of ether oxygens (including phenoxy) is 1. The predicted molar refractivity (Wildman–Crippen MR) is 141 cm³/mol. The maximum atomic E-state index is 15.2. The molecule has 204 valence electrons. The fourth-order valence-electron chi connectivity index (χ4n) is 5.39. The number of halogens is 4. The lowest BCUT2D eigenvalue weighted by molar-refractivity contribution is 0.0149. The van der Waals surface area contributed by atoms with Crippen LogP contribution in [0.25, 0.3) is 0 Å². The van der Waals surface area contributed by atoms with Crippen molar-refractivity contribution < 1.29 is 27.1 Å². The molecule has 0 saturated heterocycles. The van der Waals surface area contributed by atoms with Gasteiger partial charge in [0.15, 0.2) is 11.6 Å². The Kier molecular flexibility index (Phi) is 12.3. The van der Waals surface area contributed by atoms with E-state index in [4.69, 9.17) is 4.74 Å². The van der Waals surface area contributed by atoms with Gasteiger partial charge in [0, 0.05) is 0 Å². The molecule has 1 aliphatic carbocycles. The molecule has 2 aromatic rings. The van der Waals surface area contributed by atoms with Crippen molar-refractivity contribution in [2.24, 2.45) is 5.92 Å². The monoisotopic (exact) mass is 538 g/mol. The van der Waals surface area contributed by atoms with Gasteiger partial charge < -0.3 is 4.74 Å². The molecule has 2 nitrogen and oxygen atoms in total. The highest BCUT2D eigenvalue weighted by Crippen LogP contribution is 2.42. The zero-order valence-electron chi connectivity index (χ0n) is 21.6. The summed E-state index contributed by atoms with van der Waals surface area (Å²) in [5.74, 6) is -5.41. The van der Waals surface area contributed by atoms with Crippen molar-refractivity contribution >= 4 is 17.7 Å². The standard InChI is InChI=1S/C30H38F4O2S/c1-2-3-4-5-6-7-11-14-24(25-19-20-26(37-30(33)34)28(32)27(25)31)21-15-17-23(18-16-21)36-29(35)22-12-9-8-10-13-22/h8-10,12-13,19-21,23-24,30H,2-7,11,14-18H2,1H3. The highest BCUT2D eigenvalue weighted by atomic mass is 32.2. The van der Waals surface area contributed by atoms with E-state index in [1.165, 1.54) is 37.8 Å². The maximum absolute atomic E-state index is 15.2. The molecule has 7 heteroatoms. The zero-order chi connectivity index (χ0) is 26.6. The number of carbonyl (C=O) groups is 1. The van der Waals surface area contributed by atoms with Crippen molar-refractivity contribution in [3.8, 4) is 0 Å². The van der Waals surface area contributed by atoms with Crippen molar-refractivity contribution in [3.63, 3.8) is 0 Å². The van der Waals surface area contributed by atoms with E-state index in [1.54, 1.807) is 24.3 Å². The van der Waals surface area contributed by atoms with Crippen LogP contribution in [0.3, 0.4) is 0 Å². The summed E-state index contributed by atoms with van der Waals surface area (Å²) in [6, 6.07) is 11.7. The van der Waals surface area contributed by atoms with Crippen LogP contribution in [0.5, 0.6) is 0 Å². The Labute approximate surface area is 222 Å². The Hall–Kier alpha value is -2.02. The van der Waals surface area contributed by atoms with Crippen molar-refractivity contribution in [2.75, 3.05) is 0 Å². The van der Waals surface area contributed by atoms with Crippen LogP contribution in [0.1, 0.15) is 106 Å². The lowest BCUT2D eigenvalue weighted by atomic mass is 9.73. The number of alkyl halides is 2. The number of benzene rings is 2. The third kappa shape index (κ3) is 9.05. The molecule has 3 rings (SSSR count). The summed E-state index contributed by atoms with van der Waals surface area (Å²) in [7, 11) is 0. The Bertz CT molecular complexity index is 962. The molecule has 0 bridgehead atoms. The molecule has 0 radical (unpaired) electrons. The van der Waals surface area contributed by atoms with Crippen LogP contribution in [0, 0.1) is 17.6 Å². The molecule has 1 atom stereocenters. The number of rotatable bonds is 14. The molecule has 2 aromatic carbocycles. The van der Waals surface area contributed by atoms with Gasteiger partial charge in [-0.3, -0.25) is 0 Å². The van der Waals surface area contributed by atoms with Crippen LogP contribution in [-0.2, 0) is 4.74 Å². The van der Waals surface area contributed by atoms with Gasteiger partial charge in [-0.05, 0) is 67.7 Å². The van der Waals surface area contributed by atoms with Crippen LogP contribution < -0.4 is 0 Å². The first-order valence-corrected chi connectivity index (χ1v) is 14.5. The van der Waals surface area contributed by atoms with E-state index < -0.39 is 17.4 Å². The smallest absolute Gasteiger partial charge is 0.338 e. The van der Waals surface area contributed by atoms with E-state index >= 15 is 4.39 Å².